The zero-order valence-electron chi connectivity index (χ0n) is 13.7. The Morgan fingerprint density at radius 1 is 1.20 bits per heavy atom. The summed E-state index contributed by atoms with van der Waals surface area (Å²) in [5.74, 6) is 0.370. The highest BCUT2D eigenvalue weighted by Crippen LogP contribution is 2.23. The van der Waals surface area contributed by atoms with Crippen molar-refractivity contribution < 1.29 is 13.9 Å². The average Bonchev–Trinajstić information content (AvgIpc) is 3.05. The summed E-state index contributed by atoms with van der Waals surface area (Å²) in [6.45, 7) is -0.167. The van der Waals surface area contributed by atoms with E-state index >= 15 is 0 Å². The summed E-state index contributed by atoms with van der Waals surface area (Å²) in [7, 11) is 1.79. The molecule has 1 N–H and O–H groups in total. The van der Waals surface area contributed by atoms with Gasteiger partial charge in [0, 0.05) is 25.0 Å². The molecule has 0 saturated carbocycles. The fourth-order valence-corrected chi connectivity index (χ4v) is 2.51. The standard InChI is InChI=1S/C19H18FN3O2/c1-23-12-11-21-19(23)18(15-9-5-6-10-16(15)20)22-17(24)13-25-14-7-3-2-4-8-14/h2-12,18H,13H2,1H3,(H,22,24). The van der Waals surface area contributed by atoms with Gasteiger partial charge in [-0.1, -0.05) is 36.4 Å². The van der Waals surface area contributed by atoms with Gasteiger partial charge in [0.15, 0.2) is 6.61 Å². The SMILES string of the molecule is Cn1ccnc1C(NC(=O)COc1ccccc1)c1ccccc1F. The summed E-state index contributed by atoms with van der Waals surface area (Å²) in [6, 6.07) is 14.7. The number of hydrogen-bond donors (Lipinski definition) is 1. The molecule has 3 rings (SSSR count). The van der Waals surface area contributed by atoms with E-state index in [1.165, 1.54) is 6.07 Å². The van der Waals surface area contributed by atoms with Gasteiger partial charge in [0.25, 0.3) is 5.91 Å². The molecular formula is C19H18FN3O2. The Balaban J connectivity index is 1.77. The number of nitrogens with one attached hydrogen (secondary N) is 1. The third-order valence-electron chi connectivity index (χ3n) is 3.75. The van der Waals surface area contributed by atoms with Crippen LogP contribution in [0.1, 0.15) is 17.4 Å². The maximum absolute atomic E-state index is 14.2. The van der Waals surface area contributed by atoms with Gasteiger partial charge in [0.1, 0.15) is 23.4 Å². The van der Waals surface area contributed by atoms with Crippen molar-refractivity contribution in [1.82, 2.24) is 14.9 Å². The smallest absolute Gasteiger partial charge is 0.258 e. The first-order chi connectivity index (χ1) is 12.1. The summed E-state index contributed by atoms with van der Waals surface area (Å²) in [5, 5.41) is 2.80. The number of aryl methyl sites for hydroxylation is 1. The van der Waals surface area contributed by atoms with Gasteiger partial charge in [0.05, 0.1) is 0 Å². The summed E-state index contributed by atoms with van der Waals surface area (Å²) >= 11 is 0. The lowest BCUT2D eigenvalue weighted by atomic mass is 10.1. The minimum atomic E-state index is -0.701. The van der Waals surface area contributed by atoms with Crippen molar-refractivity contribution in [2.45, 2.75) is 6.04 Å². The highest BCUT2D eigenvalue weighted by molar-refractivity contribution is 5.78. The van der Waals surface area contributed by atoms with Crippen LogP contribution in [0.15, 0.2) is 67.0 Å². The monoisotopic (exact) mass is 339 g/mol. The zero-order chi connectivity index (χ0) is 17.6. The van der Waals surface area contributed by atoms with Gasteiger partial charge >= 0.3 is 0 Å². The molecule has 0 aliphatic heterocycles. The summed E-state index contributed by atoms with van der Waals surface area (Å²) < 4.78 is 21.4. The van der Waals surface area contributed by atoms with Crippen LogP contribution in [0.2, 0.25) is 0 Å². The van der Waals surface area contributed by atoms with E-state index in [-0.39, 0.29) is 12.5 Å². The number of nitrogens with zero attached hydrogens (tertiary/aromatic N) is 2. The number of imidazole rings is 1. The topological polar surface area (TPSA) is 56.2 Å². The number of rotatable bonds is 6. The largest absolute Gasteiger partial charge is 0.484 e. The van der Waals surface area contributed by atoms with Crippen LogP contribution in [0, 0.1) is 5.82 Å². The summed E-state index contributed by atoms with van der Waals surface area (Å²) in [5.41, 5.74) is 0.352. The molecule has 0 radical (unpaired) electrons. The molecule has 5 nitrogen and oxygen atoms in total. The molecule has 1 atom stereocenters. The van der Waals surface area contributed by atoms with E-state index in [9.17, 15) is 9.18 Å². The highest BCUT2D eigenvalue weighted by atomic mass is 19.1. The number of aromatic nitrogens is 2. The second-order valence-corrected chi connectivity index (χ2v) is 5.52. The molecule has 0 aliphatic rings. The number of carbonyl (C=O) groups is 1. The van der Waals surface area contributed by atoms with Crippen molar-refractivity contribution in [3.05, 3.63) is 84.2 Å². The lowest BCUT2D eigenvalue weighted by molar-refractivity contribution is -0.123. The first-order valence-corrected chi connectivity index (χ1v) is 7.84. The van der Waals surface area contributed by atoms with E-state index in [4.69, 9.17) is 4.74 Å². The second kappa shape index (κ2) is 7.61. The summed E-state index contributed by atoms with van der Waals surface area (Å²) in [4.78, 5) is 16.6. The molecule has 1 unspecified atom stereocenters. The van der Waals surface area contributed by atoms with E-state index in [1.54, 1.807) is 54.3 Å². The third kappa shape index (κ3) is 4.03. The van der Waals surface area contributed by atoms with Crippen molar-refractivity contribution >= 4 is 5.91 Å². The number of benzene rings is 2. The molecule has 2 aromatic carbocycles. The Morgan fingerprint density at radius 3 is 2.60 bits per heavy atom. The van der Waals surface area contributed by atoms with Crippen LogP contribution in [0.4, 0.5) is 4.39 Å². The van der Waals surface area contributed by atoms with E-state index in [2.05, 4.69) is 10.3 Å². The maximum Gasteiger partial charge on any atom is 0.258 e. The predicted octanol–water partition coefficient (Wildman–Crippen LogP) is 2.84. The first kappa shape index (κ1) is 16.7. The Morgan fingerprint density at radius 2 is 1.92 bits per heavy atom. The molecule has 0 fully saturated rings. The number of amides is 1. The third-order valence-corrected chi connectivity index (χ3v) is 3.75. The van der Waals surface area contributed by atoms with Crippen molar-refractivity contribution in [3.63, 3.8) is 0 Å². The number of hydrogen-bond acceptors (Lipinski definition) is 3. The number of carbonyl (C=O) groups excluding carboxylic acids is 1. The normalized spacial score (nSPS) is 11.8. The van der Waals surface area contributed by atoms with E-state index in [0.29, 0.717) is 17.1 Å². The van der Waals surface area contributed by atoms with Crippen molar-refractivity contribution in [3.8, 4) is 5.75 Å². The van der Waals surface area contributed by atoms with Gasteiger partial charge in [-0.3, -0.25) is 4.79 Å². The molecule has 0 spiro atoms. The minimum absolute atomic E-state index is 0.167. The Labute approximate surface area is 145 Å². The molecule has 1 amide bonds. The fraction of sp³-hybridized carbons (Fsp3) is 0.158. The molecular weight excluding hydrogens is 321 g/mol. The molecule has 0 aliphatic carbocycles. The molecule has 128 valence electrons. The summed E-state index contributed by atoms with van der Waals surface area (Å²) in [6.07, 6.45) is 3.35. The second-order valence-electron chi connectivity index (χ2n) is 5.52. The van der Waals surface area contributed by atoms with Crippen LogP contribution in [0.25, 0.3) is 0 Å². The van der Waals surface area contributed by atoms with Gasteiger partial charge in [-0.15, -0.1) is 0 Å². The highest BCUT2D eigenvalue weighted by Gasteiger charge is 2.23. The van der Waals surface area contributed by atoms with Crippen molar-refractivity contribution in [1.29, 1.82) is 0 Å². The average molecular weight is 339 g/mol. The van der Waals surface area contributed by atoms with Crippen molar-refractivity contribution in [2.24, 2.45) is 7.05 Å². The number of ether oxygens (including phenoxy) is 1. The molecule has 1 heterocycles. The minimum Gasteiger partial charge on any atom is -0.484 e. The molecule has 0 saturated heterocycles. The van der Waals surface area contributed by atoms with Crippen LogP contribution < -0.4 is 10.1 Å². The quantitative estimate of drug-likeness (QED) is 0.751. The van der Waals surface area contributed by atoms with Gasteiger partial charge in [0.2, 0.25) is 0 Å². The maximum atomic E-state index is 14.2. The molecule has 3 aromatic rings. The van der Waals surface area contributed by atoms with Crippen LogP contribution >= 0.6 is 0 Å². The van der Waals surface area contributed by atoms with Crippen molar-refractivity contribution in [2.75, 3.05) is 6.61 Å². The molecule has 1 aromatic heterocycles. The Hall–Kier alpha value is -3.15. The predicted molar refractivity (Wildman–Crippen MR) is 91.5 cm³/mol. The Kier molecular flexibility index (Phi) is 5.09. The van der Waals surface area contributed by atoms with Crippen LogP contribution in [-0.2, 0) is 11.8 Å². The fourth-order valence-electron chi connectivity index (χ4n) is 2.51. The van der Waals surface area contributed by atoms with Crippen LogP contribution in [-0.4, -0.2) is 22.1 Å². The van der Waals surface area contributed by atoms with E-state index in [0.717, 1.165) is 0 Å². The van der Waals surface area contributed by atoms with E-state index < -0.39 is 11.9 Å². The lowest BCUT2D eigenvalue weighted by Gasteiger charge is -2.19. The zero-order valence-corrected chi connectivity index (χ0v) is 13.7. The molecule has 6 heteroatoms. The van der Waals surface area contributed by atoms with Crippen LogP contribution in [0.3, 0.4) is 0 Å². The number of para-hydroxylation sites is 1. The lowest BCUT2D eigenvalue weighted by Crippen LogP contribution is -2.35. The van der Waals surface area contributed by atoms with E-state index in [1.807, 2.05) is 18.2 Å². The first-order valence-electron chi connectivity index (χ1n) is 7.84. The number of halogens is 1. The van der Waals surface area contributed by atoms with Gasteiger partial charge < -0.3 is 14.6 Å². The molecule has 0 bridgehead atoms. The van der Waals surface area contributed by atoms with Gasteiger partial charge in [-0.2, -0.15) is 0 Å². The van der Waals surface area contributed by atoms with Gasteiger partial charge in [-0.05, 0) is 18.2 Å². The molecule has 25 heavy (non-hydrogen) atoms. The van der Waals surface area contributed by atoms with Gasteiger partial charge in [-0.25, -0.2) is 9.37 Å². The Bertz CT molecular complexity index is 849. The van der Waals surface area contributed by atoms with Crippen LogP contribution in [0.5, 0.6) is 5.75 Å².